The van der Waals surface area contributed by atoms with Gasteiger partial charge in [0.25, 0.3) is 5.56 Å². The van der Waals surface area contributed by atoms with Crippen LogP contribution in [0, 0.1) is 0 Å². The molecule has 0 radical (unpaired) electrons. The van der Waals surface area contributed by atoms with Gasteiger partial charge in [-0.1, -0.05) is 72.8 Å². The third-order valence-electron chi connectivity index (χ3n) is 7.97. The Balaban J connectivity index is 1.20. The van der Waals surface area contributed by atoms with Crippen LogP contribution in [0.25, 0.3) is 39.1 Å². The van der Waals surface area contributed by atoms with E-state index in [-0.39, 0.29) is 16.8 Å². The topological polar surface area (TPSA) is 73.7 Å². The van der Waals surface area contributed by atoms with Gasteiger partial charge in [0.1, 0.15) is 11.2 Å². The number of para-hydroxylation sites is 1. The van der Waals surface area contributed by atoms with E-state index in [9.17, 15) is 9.59 Å². The van der Waals surface area contributed by atoms with E-state index in [1.807, 2.05) is 126 Å². The molecule has 1 amide bonds. The molecule has 1 atom stereocenters. The zero-order valence-corrected chi connectivity index (χ0v) is 25.5. The summed E-state index contributed by atoms with van der Waals surface area (Å²) >= 11 is 1.59. The fourth-order valence-electron chi connectivity index (χ4n) is 5.73. The predicted octanol–water partition coefficient (Wildman–Crippen LogP) is 7.52. The average Bonchev–Trinajstić information content (AvgIpc) is 3.49. The molecule has 0 aliphatic carbocycles. The fraction of sp³-hybridized carbons (Fsp3) is 0.108. The van der Waals surface area contributed by atoms with Crippen molar-refractivity contribution < 1.29 is 14.3 Å². The summed E-state index contributed by atoms with van der Waals surface area (Å²) in [5.41, 5.74) is 5.93. The maximum absolute atomic E-state index is 13.7. The lowest BCUT2D eigenvalue weighted by Gasteiger charge is -2.25. The number of anilines is 1. The molecule has 7 rings (SSSR count). The van der Waals surface area contributed by atoms with Crippen LogP contribution in [0.3, 0.4) is 0 Å². The molecular weight excluding hydrogens is 582 g/mol. The molecule has 1 aliphatic heterocycles. The molecule has 1 aliphatic rings. The summed E-state index contributed by atoms with van der Waals surface area (Å²) in [6, 6.07) is 38.8. The number of thioether (sulfide) groups is 1. The Morgan fingerprint density at radius 2 is 1.33 bits per heavy atom. The highest BCUT2D eigenvalue weighted by Crippen LogP contribution is 2.44. The highest BCUT2D eigenvalue weighted by molar-refractivity contribution is 8.00. The number of carbonyl (C=O) groups excluding carboxylic acids is 1. The minimum atomic E-state index is -0.171. The molecule has 8 heteroatoms. The van der Waals surface area contributed by atoms with E-state index in [0.29, 0.717) is 34.0 Å². The van der Waals surface area contributed by atoms with Crippen molar-refractivity contribution >= 4 is 34.3 Å². The van der Waals surface area contributed by atoms with Gasteiger partial charge in [0.2, 0.25) is 5.91 Å². The largest absolute Gasteiger partial charge is 0.493 e. The lowest BCUT2D eigenvalue weighted by molar-refractivity contribution is -0.115. The Morgan fingerprint density at radius 1 is 0.689 bits per heavy atom. The Kier molecular flexibility index (Phi) is 7.57. The van der Waals surface area contributed by atoms with Gasteiger partial charge < -0.3 is 9.47 Å². The number of benzene rings is 5. The number of carbonyl (C=O) groups is 1. The Morgan fingerprint density at radius 3 is 2.02 bits per heavy atom. The molecule has 2 heterocycles. The van der Waals surface area contributed by atoms with Crippen LogP contribution in [0.4, 0.5) is 5.69 Å². The molecule has 0 saturated carbocycles. The summed E-state index contributed by atoms with van der Waals surface area (Å²) in [6.07, 6.45) is 0. The summed E-state index contributed by atoms with van der Waals surface area (Å²) in [4.78, 5) is 33.5. The van der Waals surface area contributed by atoms with Crippen LogP contribution in [0.1, 0.15) is 10.9 Å². The van der Waals surface area contributed by atoms with Gasteiger partial charge in [0.15, 0.2) is 11.5 Å². The minimum absolute atomic E-state index is 0.0561. The quantitative estimate of drug-likeness (QED) is 0.186. The lowest BCUT2D eigenvalue weighted by atomic mass is 10.0. The molecule has 1 aromatic heterocycles. The van der Waals surface area contributed by atoms with Gasteiger partial charge in [-0.25, -0.2) is 4.98 Å². The third-order valence-corrected chi connectivity index (χ3v) is 9.18. The van der Waals surface area contributed by atoms with Crippen molar-refractivity contribution in [1.29, 1.82) is 0 Å². The second-order valence-electron chi connectivity index (χ2n) is 10.6. The summed E-state index contributed by atoms with van der Waals surface area (Å²) in [7, 11) is 3.21. The van der Waals surface area contributed by atoms with E-state index in [4.69, 9.17) is 14.5 Å². The van der Waals surface area contributed by atoms with Gasteiger partial charge in [-0.3, -0.25) is 19.1 Å². The molecule has 1 fully saturated rings. The number of rotatable bonds is 7. The number of ether oxygens (including phenoxy) is 2. The number of methoxy groups -OCH3 is 2. The van der Waals surface area contributed by atoms with Crippen LogP contribution >= 0.6 is 11.8 Å². The maximum Gasteiger partial charge on any atom is 0.266 e. The van der Waals surface area contributed by atoms with Gasteiger partial charge in [-0.05, 0) is 65.2 Å². The molecule has 6 aromatic rings. The molecule has 1 unspecified atom stereocenters. The van der Waals surface area contributed by atoms with E-state index in [2.05, 4.69) is 0 Å². The van der Waals surface area contributed by atoms with Crippen LogP contribution < -0.4 is 19.9 Å². The Hall–Kier alpha value is -5.34. The number of nitrogens with zero attached hydrogens (tertiary/aromatic N) is 3. The first-order valence-electron chi connectivity index (χ1n) is 14.5. The minimum Gasteiger partial charge on any atom is -0.493 e. The first-order valence-corrected chi connectivity index (χ1v) is 15.5. The molecule has 0 spiro atoms. The van der Waals surface area contributed by atoms with Crippen molar-refractivity contribution in [1.82, 2.24) is 9.55 Å². The molecule has 45 heavy (non-hydrogen) atoms. The van der Waals surface area contributed by atoms with E-state index in [1.165, 1.54) is 0 Å². The van der Waals surface area contributed by atoms with E-state index >= 15 is 0 Å². The normalized spacial score (nSPS) is 14.6. The molecule has 1 saturated heterocycles. The molecule has 222 valence electrons. The van der Waals surface area contributed by atoms with E-state index in [1.54, 1.807) is 30.5 Å². The zero-order chi connectivity index (χ0) is 30.9. The van der Waals surface area contributed by atoms with Crippen molar-refractivity contribution in [2.24, 2.45) is 0 Å². The summed E-state index contributed by atoms with van der Waals surface area (Å²) in [5.74, 6) is 2.33. The van der Waals surface area contributed by atoms with Gasteiger partial charge in [-0.2, -0.15) is 0 Å². The van der Waals surface area contributed by atoms with Crippen molar-refractivity contribution in [3.63, 3.8) is 0 Å². The highest BCUT2D eigenvalue weighted by Gasteiger charge is 2.34. The standard InChI is InChI=1S/C37H29N3O4S/c1-43-32-21-16-27(22-33(32)44-2)37-39(34(41)23-45-37)28-17-12-24(13-18-28)25-14-19-29(20-15-25)40-35(26-8-4-3-5-9-26)38-31-11-7-6-10-30(31)36(40)42/h3-22,37H,23H2,1-2H3. The van der Waals surface area contributed by atoms with Crippen LogP contribution in [0.5, 0.6) is 11.5 Å². The molecule has 0 N–H and O–H groups in total. The Bertz CT molecular complexity index is 2080. The summed E-state index contributed by atoms with van der Waals surface area (Å²) in [5, 5.41) is 0.396. The number of amides is 1. The second-order valence-corrected chi connectivity index (χ2v) is 11.7. The van der Waals surface area contributed by atoms with E-state index in [0.717, 1.165) is 33.6 Å². The lowest BCUT2D eigenvalue weighted by Crippen LogP contribution is -2.27. The number of aromatic nitrogens is 2. The Labute approximate surface area is 264 Å². The average molecular weight is 612 g/mol. The van der Waals surface area contributed by atoms with Crippen molar-refractivity contribution in [2.75, 3.05) is 24.9 Å². The molecule has 5 aromatic carbocycles. The monoisotopic (exact) mass is 611 g/mol. The predicted molar refractivity (Wildman–Crippen MR) is 180 cm³/mol. The van der Waals surface area contributed by atoms with Gasteiger partial charge in [0.05, 0.1) is 36.6 Å². The zero-order valence-electron chi connectivity index (χ0n) is 24.7. The van der Waals surface area contributed by atoms with Crippen LogP contribution in [0.2, 0.25) is 0 Å². The van der Waals surface area contributed by atoms with E-state index < -0.39 is 0 Å². The summed E-state index contributed by atoms with van der Waals surface area (Å²) in [6.45, 7) is 0. The summed E-state index contributed by atoms with van der Waals surface area (Å²) < 4.78 is 12.6. The van der Waals surface area contributed by atoms with Crippen molar-refractivity contribution in [3.8, 4) is 39.7 Å². The van der Waals surface area contributed by atoms with Gasteiger partial charge >= 0.3 is 0 Å². The first kappa shape index (κ1) is 28.4. The highest BCUT2D eigenvalue weighted by atomic mass is 32.2. The maximum atomic E-state index is 13.7. The SMILES string of the molecule is COc1ccc(C2SCC(=O)N2c2ccc(-c3ccc(-n4c(-c5ccccc5)nc5ccccc5c4=O)cc3)cc2)cc1OC. The van der Waals surface area contributed by atoms with Crippen LogP contribution in [0.15, 0.2) is 126 Å². The number of fused-ring (bicyclic) bond motifs is 1. The third kappa shape index (κ3) is 5.23. The number of hydrogen-bond acceptors (Lipinski definition) is 6. The van der Waals surface area contributed by atoms with Crippen LogP contribution in [-0.2, 0) is 4.79 Å². The molecule has 0 bridgehead atoms. The fourth-order valence-corrected chi connectivity index (χ4v) is 6.89. The van der Waals surface area contributed by atoms with Crippen LogP contribution in [-0.4, -0.2) is 35.4 Å². The van der Waals surface area contributed by atoms with Gasteiger partial charge in [-0.15, -0.1) is 11.8 Å². The van der Waals surface area contributed by atoms with Gasteiger partial charge in [0, 0.05) is 11.3 Å². The van der Waals surface area contributed by atoms with Crippen molar-refractivity contribution in [3.05, 3.63) is 137 Å². The first-order chi connectivity index (χ1) is 22.1. The molecular formula is C37H29N3O4S. The smallest absolute Gasteiger partial charge is 0.266 e. The van der Waals surface area contributed by atoms with Crippen molar-refractivity contribution in [2.45, 2.75) is 5.37 Å². The number of hydrogen-bond donors (Lipinski definition) is 0. The molecule has 7 nitrogen and oxygen atoms in total. The second kappa shape index (κ2) is 12.0.